The Labute approximate surface area is 164 Å². The third-order valence-corrected chi connectivity index (χ3v) is 5.38. The van der Waals surface area contributed by atoms with Crippen molar-refractivity contribution in [3.8, 4) is 11.5 Å². The highest BCUT2D eigenvalue weighted by molar-refractivity contribution is 5.99. The maximum absolute atomic E-state index is 13.4. The summed E-state index contributed by atoms with van der Waals surface area (Å²) in [5, 5.41) is 2.76. The maximum atomic E-state index is 13.4. The van der Waals surface area contributed by atoms with Crippen molar-refractivity contribution in [1.29, 1.82) is 0 Å². The Hall–Kier alpha value is -3.02. The van der Waals surface area contributed by atoms with E-state index in [1.165, 1.54) is 0 Å². The zero-order valence-electron chi connectivity index (χ0n) is 15.9. The highest BCUT2D eigenvalue weighted by atomic mass is 16.5. The first-order valence-electron chi connectivity index (χ1n) is 9.67. The van der Waals surface area contributed by atoms with Crippen molar-refractivity contribution in [3.05, 3.63) is 53.6 Å². The number of benzene rings is 2. The van der Waals surface area contributed by atoms with E-state index in [2.05, 4.69) is 5.32 Å². The number of rotatable bonds is 3. The van der Waals surface area contributed by atoms with Crippen LogP contribution in [-0.4, -0.2) is 37.0 Å². The zero-order valence-corrected chi connectivity index (χ0v) is 15.9. The highest BCUT2D eigenvalue weighted by Gasteiger charge is 2.28. The molecule has 0 aliphatic carbocycles. The number of nitrogens with zero attached hydrogens (tertiary/aromatic N) is 1. The first kappa shape index (κ1) is 18.3. The normalized spacial score (nSPS) is 19.1. The van der Waals surface area contributed by atoms with Crippen LogP contribution in [0.2, 0.25) is 0 Å². The Morgan fingerprint density at radius 3 is 2.75 bits per heavy atom. The predicted molar refractivity (Wildman–Crippen MR) is 106 cm³/mol. The van der Waals surface area contributed by atoms with Gasteiger partial charge >= 0.3 is 0 Å². The topological polar surface area (TPSA) is 67.9 Å². The Bertz CT molecular complexity index is 879. The molecule has 2 heterocycles. The maximum Gasteiger partial charge on any atom is 0.262 e. The molecule has 1 fully saturated rings. The van der Waals surface area contributed by atoms with Gasteiger partial charge in [0.1, 0.15) is 11.5 Å². The third-order valence-electron chi connectivity index (χ3n) is 5.38. The molecule has 1 saturated heterocycles. The van der Waals surface area contributed by atoms with E-state index < -0.39 is 0 Å². The largest absolute Gasteiger partial charge is 0.497 e. The van der Waals surface area contributed by atoms with Crippen LogP contribution in [0, 0.1) is 0 Å². The summed E-state index contributed by atoms with van der Waals surface area (Å²) >= 11 is 0. The molecule has 2 aliphatic rings. The minimum atomic E-state index is -0.182. The average Bonchev–Trinajstić information content (AvgIpc) is 2.99. The molecule has 0 aromatic heterocycles. The van der Waals surface area contributed by atoms with E-state index in [9.17, 15) is 9.59 Å². The first-order valence-corrected chi connectivity index (χ1v) is 9.67. The van der Waals surface area contributed by atoms with Crippen molar-refractivity contribution in [3.63, 3.8) is 0 Å². The average molecular weight is 380 g/mol. The van der Waals surface area contributed by atoms with E-state index in [0.717, 1.165) is 43.5 Å². The van der Waals surface area contributed by atoms with Crippen LogP contribution in [0.3, 0.4) is 0 Å². The summed E-state index contributed by atoms with van der Waals surface area (Å²) in [6.45, 7) is 0.701. The van der Waals surface area contributed by atoms with Gasteiger partial charge in [-0.3, -0.25) is 9.59 Å². The van der Waals surface area contributed by atoms with E-state index in [-0.39, 0.29) is 24.5 Å². The van der Waals surface area contributed by atoms with Crippen molar-refractivity contribution in [2.45, 2.75) is 31.7 Å². The summed E-state index contributed by atoms with van der Waals surface area (Å²) < 4.78 is 10.7. The minimum absolute atomic E-state index is 0.00832. The van der Waals surface area contributed by atoms with Crippen molar-refractivity contribution >= 4 is 17.5 Å². The second-order valence-corrected chi connectivity index (χ2v) is 7.18. The standard InChI is InChI=1S/C22H24N2O4/c1-27-17-9-6-15(7-10-17)19-5-3-2-4-12-24(19)22(26)16-8-11-18-20(13-16)28-14-21(25)23-18/h6-11,13,19H,2-5,12,14H2,1H3,(H,23,25). The molecule has 2 aromatic carbocycles. The molecule has 0 saturated carbocycles. The number of fused-ring (bicyclic) bond motifs is 1. The molecule has 0 bridgehead atoms. The number of amides is 2. The number of likely N-dealkylation sites (tertiary alicyclic amines) is 1. The lowest BCUT2D eigenvalue weighted by atomic mass is 9.99. The summed E-state index contributed by atoms with van der Waals surface area (Å²) in [6, 6.07) is 13.2. The lowest BCUT2D eigenvalue weighted by Gasteiger charge is -2.31. The van der Waals surface area contributed by atoms with Crippen LogP contribution in [0.15, 0.2) is 42.5 Å². The van der Waals surface area contributed by atoms with Crippen LogP contribution in [0.25, 0.3) is 0 Å². The molecule has 1 atom stereocenters. The smallest absolute Gasteiger partial charge is 0.262 e. The van der Waals surface area contributed by atoms with Gasteiger partial charge in [0.25, 0.3) is 11.8 Å². The van der Waals surface area contributed by atoms with E-state index in [0.29, 0.717) is 17.0 Å². The fraction of sp³-hybridized carbons (Fsp3) is 0.364. The van der Waals surface area contributed by atoms with E-state index in [1.807, 2.05) is 29.2 Å². The lowest BCUT2D eigenvalue weighted by Crippen LogP contribution is -2.35. The molecular formula is C22H24N2O4. The summed E-state index contributed by atoms with van der Waals surface area (Å²) in [7, 11) is 1.65. The number of hydrogen-bond donors (Lipinski definition) is 1. The van der Waals surface area contributed by atoms with Gasteiger partial charge in [-0.15, -0.1) is 0 Å². The fourth-order valence-corrected chi connectivity index (χ4v) is 3.90. The molecule has 6 nitrogen and oxygen atoms in total. The number of anilines is 1. The van der Waals surface area contributed by atoms with Gasteiger partial charge in [0.2, 0.25) is 0 Å². The summed E-state index contributed by atoms with van der Waals surface area (Å²) in [6.07, 6.45) is 4.15. The zero-order chi connectivity index (χ0) is 19.5. The van der Waals surface area contributed by atoms with Gasteiger partial charge in [0.15, 0.2) is 6.61 Å². The molecule has 6 heteroatoms. The van der Waals surface area contributed by atoms with Gasteiger partial charge < -0.3 is 19.7 Å². The second kappa shape index (κ2) is 7.92. The monoisotopic (exact) mass is 380 g/mol. The van der Waals surface area contributed by atoms with E-state index in [1.54, 1.807) is 25.3 Å². The number of hydrogen-bond acceptors (Lipinski definition) is 4. The van der Waals surface area contributed by atoms with Crippen LogP contribution in [0.1, 0.15) is 47.6 Å². The molecule has 2 aliphatic heterocycles. The number of nitrogens with one attached hydrogen (secondary N) is 1. The van der Waals surface area contributed by atoms with Gasteiger partial charge in [0, 0.05) is 12.1 Å². The van der Waals surface area contributed by atoms with E-state index >= 15 is 0 Å². The fourth-order valence-electron chi connectivity index (χ4n) is 3.90. The minimum Gasteiger partial charge on any atom is -0.497 e. The number of methoxy groups -OCH3 is 1. The number of carbonyl (C=O) groups excluding carboxylic acids is 2. The molecule has 0 radical (unpaired) electrons. The van der Waals surface area contributed by atoms with Gasteiger partial charge in [-0.05, 0) is 48.7 Å². The molecule has 146 valence electrons. The Morgan fingerprint density at radius 2 is 1.96 bits per heavy atom. The van der Waals surface area contributed by atoms with Crippen LogP contribution in [-0.2, 0) is 4.79 Å². The molecule has 28 heavy (non-hydrogen) atoms. The van der Waals surface area contributed by atoms with Gasteiger partial charge in [-0.1, -0.05) is 25.0 Å². The Balaban J connectivity index is 1.62. The van der Waals surface area contributed by atoms with Gasteiger partial charge in [-0.25, -0.2) is 0 Å². The SMILES string of the molecule is COc1ccc(C2CCCCCN2C(=O)c2ccc3c(c2)OCC(=O)N3)cc1. The first-order chi connectivity index (χ1) is 13.7. The Morgan fingerprint density at radius 1 is 1.14 bits per heavy atom. The second-order valence-electron chi connectivity index (χ2n) is 7.18. The lowest BCUT2D eigenvalue weighted by molar-refractivity contribution is -0.118. The van der Waals surface area contributed by atoms with Crippen molar-refractivity contribution < 1.29 is 19.1 Å². The van der Waals surface area contributed by atoms with E-state index in [4.69, 9.17) is 9.47 Å². The molecule has 4 rings (SSSR count). The van der Waals surface area contributed by atoms with Gasteiger partial charge in [-0.2, -0.15) is 0 Å². The van der Waals surface area contributed by atoms with Crippen molar-refractivity contribution in [1.82, 2.24) is 4.90 Å². The van der Waals surface area contributed by atoms with Crippen LogP contribution < -0.4 is 14.8 Å². The number of ether oxygens (including phenoxy) is 2. The van der Waals surface area contributed by atoms with Crippen molar-refractivity contribution in [2.75, 3.05) is 25.6 Å². The van der Waals surface area contributed by atoms with Crippen LogP contribution >= 0.6 is 0 Å². The molecule has 1 N–H and O–H groups in total. The molecule has 1 unspecified atom stereocenters. The summed E-state index contributed by atoms with van der Waals surface area (Å²) in [5.74, 6) is 1.16. The highest BCUT2D eigenvalue weighted by Crippen LogP contribution is 2.34. The molecule has 0 spiro atoms. The Kier molecular flexibility index (Phi) is 5.19. The molecular weight excluding hydrogens is 356 g/mol. The molecule has 2 aromatic rings. The van der Waals surface area contributed by atoms with Gasteiger partial charge in [0.05, 0.1) is 18.8 Å². The quantitative estimate of drug-likeness (QED) is 0.880. The predicted octanol–water partition coefficient (Wildman–Crippen LogP) is 3.78. The molecule has 2 amide bonds. The summed E-state index contributed by atoms with van der Waals surface area (Å²) in [4.78, 5) is 26.8. The van der Waals surface area contributed by atoms with Crippen molar-refractivity contribution in [2.24, 2.45) is 0 Å². The number of carbonyl (C=O) groups is 2. The third kappa shape index (κ3) is 3.67. The van der Waals surface area contributed by atoms with Crippen LogP contribution in [0.4, 0.5) is 5.69 Å². The summed E-state index contributed by atoms with van der Waals surface area (Å²) in [5.41, 5.74) is 2.31. The van der Waals surface area contributed by atoms with Crippen LogP contribution in [0.5, 0.6) is 11.5 Å².